The molecule has 94 valence electrons. The van der Waals surface area contributed by atoms with Crippen molar-refractivity contribution in [2.24, 2.45) is 0 Å². The first-order valence-electron chi connectivity index (χ1n) is 5.97. The molecule has 16 heavy (non-hydrogen) atoms. The molecule has 2 aliphatic heterocycles. The fourth-order valence-corrected chi connectivity index (χ4v) is 5.10. The molecular weight excluding hydrogens is 244 g/mol. The van der Waals surface area contributed by atoms with Crippen molar-refractivity contribution in [1.29, 1.82) is 0 Å². The lowest BCUT2D eigenvalue weighted by atomic mass is 10.2. The lowest BCUT2D eigenvalue weighted by Gasteiger charge is -2.23. The van der Waals surface area contributed by atoms with Gasteiger partial charge in [0.2, 0.25) is 10.0 Å². The molecule has 2 rings (SSSR count). The molecular formula is C10H20N2O2S2. The van der Waals surface area contributed by atoms with Gasteiger partial charge in [-0.3, -0.25) is 0 Å². The van der Waals surface area contributed by atoms with E-state index in [1.165, 1.54) is 5.75 Å². The van der Waals surface area contributed by atoms with Crippen LogP contribution in [0, 0.1) is 0 Å². The highest BCUT2D eigenvalue weighted by Gasteiger charge is 2.25. The van der Waals surface area contributed by atoms with Crippen LogP contribution in [0.4, 0.5) is 0 Å². The van der Waals surface area contributed by atoms with E-state index in [0.717, 1.165) is 38.0 Å². The van der Waals surface area contributed by atoms with Crippen molar-refractivity contribution in [1.82, 2.24) is 10.0 Å². The second kappa shape index (κ2) is 5.71. The van der Waals surface area contributed by atoms with E-state index in [4.69, 9.17) is 0 Å². The fraction of sp³-hybridized carbons (Fsp3) is 1.00. The lowest BCUT2D eigenvalue weighted by molar-refractivity contribution is 0.532. The largest absolute Gasteiger partial charge is 0.313 e. The van der Waals surface area contributed by atoms with Crippen LogP contribution < -0.4 is 10.0 Å². The van der Waals surface area contributed by atoms with Crippen molar-refractivity contribution in [3.63, 3.8) is 0 Å². The van der Waals surface area contributed by atoms with Crippen LogP contribution in [0.1, 0.15) is 25.7 Å². The van der Waals surface area contributed by atoms with E-state index >= 15 is 0 Å². The van der Waals surface area contributed by atoms with Crippen molar-refractivity contribution >= 4 is 21.8 Å². The number of hydrogen-bond donors (Lipinski definition) is 2. The minimum atomic E-state index is -3.09. The average Bonchev–Trinajstić information content (AvgIpc) is 2.70. The summed E-state index contributed by atoms with van der Waals surface area (Å²) in [4.78, 5) is 0. The molecule has 0 aromatic heterocycles. The second-order valence-corrected chi connectivity index (χ2v) is 7.55. The van der Waals surface area contributed by atoms with Gasteiger partial charge in [-0.2, -0.15) is 11.8 Å². The summed E-state index contributed by atoms with van der Waals surface area (Å²) in [6.07, 6.45) is 4.20. The third-order valence-electron chi connectivity index (χ3n) is 3.09. The van der Waals surface area contributed by atoms with E-state index in [1.807, 2.05) is 11.8 Å². The highest BCUT2D eigenvalue weighted by Crippen LogP contribution is 2.18. The molecule has 0 bridgehead atoms. The smallest absolute Gasteiger partial charge is 0.213 e. The van der Waals surface area contributed by atoms with Gasteiger partial charge >= 0.3 is 0 Å². The standard InChI is InChI=1S/C10H20N2O2S2/c13-16(14,8-10-3-1-5-11-10)12-9-4-2-6-15-7-9/h9-12H,1-8H2. The molecule has 6 heteroatoms. The highest BCUT2D eigenvalue weighted by atomic mass is 32.2. The molecule has 2 heterocycles. The van der Waals surface area contributed by atoms with E-state index in [1.54, 1.807) is 0 Å². The number of rotatable bonds is 4. The Morgan fingerprint density at radius 3 is 2.81 bits per heavy atom. The van der Waals surface area contributed by atoms with Crippen LogP contribution >= 0.6 is 11.8 Å². The first kappa shape index (κ1) is 12.7. The van der Waals surface area contributed by atoms with E-state index in [-0.39, 0.29) is 17.8 Å². The molecule has 2 atom stereocenters. The van der Waals surface area contributed by atoms with E-state index in [2.05, 4.69) is 10.0 Å². The topological polar surface area (TPSA) is 58.2 Å². The summed E-state index contributed by atoms with van der Waals surface area (Å²) in [6, 6.07) is 0.318. The molecule has 2 fully saturated rings. The zero-order valence-corrected chi connectivity index (χ0v) is 11.1. The summed E-state index contributed by atoms with van der Waals surface area (Å²) in [5.41, 5.74) is 0. The van der Waals surface area contributed by atoms with Crippen LogP contribution in [0.15, 0.2) is 0 Å². The maximum atomic E-state index is 11.9. The van der Waals surface area contributed by atoms with E-state index < -0.39 is 10.0 Å². The number of hydrogen-bond acceptors (Lipinski definition) is 4. The molecule has 2 N–H and O–H groups in total. The molecule has 0 saturated carbocycles. The van der Waals surface area contributed by atoms with Gasteiger partial charge in [-0.15, -0.1) is 0 Å². The van der Waals surface area contributed by atoms with Crippen molar-refractivity contribution < 1.29 is 8.42 Å². The minimum absolute atomic E-state index is 0.158. The maximum Gasteiger partial charge on any atom is 0.213 e. The van der Waals surface area contributed by atoms with Crippen molar-refractivity contribution in [2.75, 3.05) is 23.8 Å². The predicted molar refractivity (Wildman–Crippen MR) is 68.3 cm³/mol. The van der Waals surface area contributed by atoms with Gasteiger partial charge in [-0.1, -0.05) is 0 Å². The van der Waals surface area contributed by atoms with Gasteiger partial charge in [-0.05, 0) is 38.0 Å². The van der Waals surface area contributed by atoms with E-state index in [0.29, 0.717) is 0 Å². The van der Waals surface area contributed by atoms with Gasteiger partial charge in [0.1, 0.15) is 0 Å². The first-order valence-corrected chi connectivity index (χ1v) is 8.77. The monoisotopic (exact) mass is 264 g/mol. The van der Waals surface area contributed by atoms with Gasteiger partial charge < -0.3 is 5.32 Å². The Morgan fingerprint density at radius 1 is 1.31 bits per heavy atom. The Morgan fingerprint density at radius 2 is 2.19 bits per heavy atom. The Kier molecular flexibility index (Phi) is 4.52. The molecule has 4 nitrogen and oxygen atoms in total. The minimum Gasteiger partial charge on any atom is -0.313 e. The maximum absolute atomic E-state index is 11.9. The first-order chi connectivity index (χ1) is 7.66. The molecule has 0 aromatic rings. The molecule has 0 aromatic carbocycles. The Balaban J connectivity index is 1.81. The molecule has 2 aliphatic rings. The Bertz CT molecular complexity index is 307. The molecule has 2 saturated heterocycles. The van der Waals surface area contributed by atoms with Gasteiger partial charge in [0.05, 0.1) is 5.75 Å². The number of thioether (sulfide) groups is 1. The summed E-state index contributed by atoms with van der Waals surface area (Å²) >= 11 is 1.84. The third kappa shape index (κ3) is 3.91. The summed E-state index contributed by atoms with van der Waals surface area (Å²) in [5.74, 6) is 2.34. The highest BCUT2D eigenvalue weighted by molar-refractivity contribution is 7.99. The van der Waals surface area contributed by atoms with Crippen molar-refractivity contribution in [2.45, 2.75) is 37.8 Å². The predicted octanol–water partition coefficient (Wildman–Crippen LogP) is 0.553. The summed E-state index contributed by atoms with van der Waals surface area (Å²) in [6.45, 7) is 0.958. The summed E-state index contributed by atoms with van der Waals surface area (Å²) < 4.78 is 26.6. The molecule has 2 unspecified atom stereocenters. The van der Waals surface area contributed by atoms with Crippen LogP contribution in [-0.4, -0.2) is 44.3 Å². The molecule has 0 spiro atoms. The van der Waals surface area contributed by atoms with Crippen LogP contribution in [0.3, 0.4) is 0 Å². The third-order valence-corrected chi connectivity index (χ3v) is 5.84. The van der Waals surface area contributed by atoms with Gasteiger partial charge in [0.25, 0.3) is 0 Å². The van der Waals surface area contributed by atoms with Gasteiger partial charge in [0.15, 0.2) is 0 Å². The van der Waals surface area contributed by atoms with Crippen LogP contribution in [-0.2, 0) is 10.0 Å². The SMILES string of the molecule is O=S(=O)(CC1CCCN1)NC1CCCSC1. The zero-order valence-electron chi connectivity index (χ0n) is 9.44. The van der Waals surface area contributed by atoms with E-state index in [9.17, 15) is 8.42 Å². The van der Waals surface area contributed by atoms with Gasteiger partial charge in [0, 0.05) is 17.8 Å². The average molecular weight is 264 g/mol. The van der Waals surface area contributed by atoms with Crippen LogP contribution in [0.5, 0.6) is 0 Å². The van der Waals surface area contributed by atoms with Crippen molar-refractivity contribution in [3.8, 4) is 0 Å². The normalized spacial score (nSPS) is 31.8. The molecule has 0 aliphatic carbocycles. The number of nitrogens with one attached hydrogen (secondary N) is 2. The lowest BCUT2D eigenvalue weighted by Crippen LogP contribution is -2.43. The van der Waals surface area contributed by atoms with Crippen molar-refractivity contribution in [3.05, 3.63) is 0 Å². The fourth-order valence-electron chi connectivity index (χ4n) is 2.30. The quantitative estimate of drug-likeness (QED) is 0.779. The Labute approximate surface area is 102 Å². The summed E-state index contributed by atoms with van der Waals surface area (Å²) in [5, 5.41) is 3.23. The summed E-state index contributed by atoms with van der Waals surface area (Å²) in [7, 11) is -3.09. The van der Waals surface area contributed by atoms with Gasteiger partial charge in [-0.25, -0.2) is 13.1 Å². The molecule has 0 amide bonds. The van der Waals surface area contributed by atoms with Crippen LogP contribution in [0.25, 0.3) is 0 Å². The molecule has 0 radical (unpaired) electrons. The second-order valence-electron chi connectivity index (χ2n) is 4.61. The Hall–Kier alpha value is 0.220. The zero-order chi connectivity index (χ0) is 11.4. The number of sulfonamides is 1. The van der Waals surface area contributed by atoms with Crippen LogP contribution in [0.2, 0.25) is 0 Å².